The van der Waals surface area contributed by atoms with Crippen molar-refractivity contribution in [3.63, 3.8) is 0 Å². The van der Waals surface area contributed by atoms with Crippen LogP contribution in [0.15, 0.2) is 78.9 Å². The molecule has 0 unspecified atom stereocenters. The summed E-state index contributed by atoms with van der Waals surface area (Å²) in [5, 5.41) is 5.48. The Morgan fingerprint density at radius 3 is 2.35 bits per heavy atom. The number of ether oxygens (including phenoxy) is 2. The van der Waals surface area contributed by atoms with E-state index in [0.717, 1.165) is 23.5 Å². The van der Waals surface area contributed by atoms with Crippen molar-refractivity contribution in [1.82, 2.24) is 10.6 Å². The number of anilines is 1. The Morgan fingerprint density at radius 1 is 0.882 bits per heavy atom. The summed E-state index contributed by atoms with van der Waals surface area (Å²) in [7, 11) is 1.54. The van der Waals surface area contributed by atoms with E-state index in [2.05, 4.69) is 22.5 Å². The van der Waals surface area contributed by atoms with E-state index < -0.39 is 0 Å². The SMILES string of the molecule is CCN(CCNC(=O)CNC(=O)c1cccc(OC)c1)c1ccc(OCc2ccccc2)cc1. The van der Waals surface area contributed by atoms with Crippen molar-refractivity contribution >= 4 is 17.5 Å². The van der Waals surface area contributed by atoms with Gasteiger partial charge in [0.05, 0.1) is 13.7 Å². The number of nitrogens with zero attached hydrogens (tertiary/aromatic N) is 1. The maximum absolute atomic E-state index is 12.2. The molecule has 0 bridgehead atoms. The quantitative estimate of drug-likeness (QED) is 0.431. The molecule has 0 saturated heterocycles. The minimum absolute atomic E-state index is 0.0877. The lowest BCUT2D eigenvalue weighted by molar-refractivity contribution is -0.120. The normalized spacial score (nSPS) is 10.3. The van der Waals surface area contributed by atoms with Crippen LogP contribution in [0.3, 0.4) is 0 Å². The van der Waals surface area contributed by atoms with Crippen LogP contribution in [0.2, 0.25) is 0 Å². The summed E-state index contributed by atoms with van der Waals surface area (Å²) in [5.41, 5.74) is 2.62. The second-order valence-corrected chi connectivity index (χ2v) is 7.61. The zero-order valence-corrected chi connectivity index (χ0v) is 19.6. The molecule has 178 valence electrons. The van der Waals surface area contributed by atoms with Crippen LogP contribution in [0.4, 0.5) is 5.69 Å². The number of hydrogen-bond donors (Lipinski definition) is 2. The summed E-state index contributed by atoms with van der Waals surface area (Å²) in [6.45, 7) is 4.42. The van der Waals surface area contributed by atoms with Crippen LogP contribution in [0, 0.1) is 0 Å². The highest BCUT2D eigenvalue weighted by Crippen LogP contribution is 2.20. The molecule has 0 radical (unpaired) electrons. The van der Waals surface area contributed by atoms with Gasteiger partial charge in [-0.2, -0.15) is 0 Å². The van der Waals surface area contributed by atoms with Crippen LogP contribution < -0.4 is 25.0 Å². The summed E-state index contributed by atoms with van der Waals surface area (Å²) in [5.74, 6) is 0.840. The second-order valence-electron chi connectivity index (χ2n) is 7.61. The van der Waals surface area contributed by atoms with Gasteiger partial charge in [-0.3, -0.25) is 9.59 Å². The number of hydrogen-bond acceptors (Lipinski definition) is 5. The summed E-state index contributed by atoms with van der Waals surface area (Å²) >= 11 is 0. The number of nitrogens with one attached hydrogen (secondary N) is 2. The molecule has 34 heavy (non-hydrogen) atoms. The summed E-state index contributed by atoms with van der Waals surface area (Å²) in [6, 6.07) is 24.8. The first-order valence-electron chi connectivity index (χ1n) is 11.3. The monoisotopic (exact) mass is 461 g/mol. The summed E-state index contributed by atoms with van der Waals surface area (Å²) < 4.78 is 11.0. The molecule has 0 spiro atoms. The van der Waals surface area contributed by atoms with E-state index in [0.29, 0.717) is 31.0 Å². The number of rotatable bonds is 12. The van der Waals surface area contributed by atoms with Crippen molar-refractivity contribution in [3.05, 3.63) is 90.0 Å². The van der Waals surface area contributed by atoms with E-state index in [1.54, 1.807) is 24.3 Å². The fourth-order valence-electron chi connectivity index (χ4n) is 3.38. The molecule has 0 aliphatic carbocycles. The Kier molecular flexibility index (Phi) is 9.34. The Labute approximate surface area is 200 Å². The zero-order chi connectivity index (χ0) is 24.2. The minimum atomic E-state index is -0.321. The van der Waals surface area contributed by atoms with E-state index in [9.17, 15) is 9.59 Å². The molecule has 7 nitrogen and oxygen atoms in total. The molecule has 2 N–H and O–H groups in total. The van der Waals surface area contributed by atoms with Gasteiger partial charge in [0, 0.05) is 30.9 Å². The second kappa shape index (κ2) is 12.9. The first-order valence-corrected chi connectivity index (χ1v) is 11.3. The molecule has 0 atom stereocenters. The zero-order valence-electron chi connectivity index (χ0n) is 19.6. The number of benzene rings is 3. The van der Waals surface area contributed by atoms with Gasteiger partial charge in [-0.15, -0.1) is 0 Å². The molecule has 3 aromatic rings. The standard InChI is InChI=1S/C27H31N3O4/c1-3-30(23-12-14-24(15-13-23)34-20-21-8-5-4-6-9-21)17-16-28-26(31)19-29-27(32)22-10-7-11-25(18-22)33-2/h4-15,18H,3,16-17,19-20H2,1-2H3,(H,28,31)(H,29,32). The van der Waals surface area contributed by atoms with Gasteiger partial charge in [0.2, 0.25) is 5.91 Å². The largest absolute Gasteiger partial charge is 0.497 e. The Morgan fingerprint density at radius 2 is 1.65 bits per heavy atom. The van der Waals surface area contributed by atoms with E-state index in [-0.39, 0.29) is 18.4 Å². The van der Waals surface area contributed by atoms with Gasteiger partial charge in [0.15, 0.2) is 0 Å². The van der Waals surface area contributed by atoms with Gasteiger partial charge in [-0.1, -0.05) is 36.4 Å². The smallest absolute Gasteiger partial charge is 0.251 e. The van der Waals surface area contributed by atoms with Gasteiger partial charge in [0.25, 0.3) is 5.91 Å². The minimum Gasteiger partial charge on any atom is -0.497 e. The molecular formula is C27H31N3O4. The molecule has 7 heteroatoms. The molecule has 3 rings (SSSR count). The van der Waals surface area contributed by atoms with Crippen LogP contribution in [-0.4, -0.2) is 45.1 Å². The van der Waals surface area contributed by atoms with Gasteiger partial charge in [-0.05, 0) is 55.0 Å². The highest BCUT2D eigenvalue weighted by molar-refractivity contribution is 5.96. The van der Waals surface area contributed by atoms with Crippen molar-refractivity contribution in [2.75, 3.05) is 38.2 Å². The van der Waals surface area contributed by atoms with Crippen molar-refractivity contribution < 1.29 is 19.1 Å². The molecule has 0 aromatic heterocycles. The average molecular weight is 462 g/mol. The van der Waals surface area contributed by atoms with Crippen molar-refractivity contribution in [2.24, 2.45) is 0 Å². The summed E-state index contributed by atoms with van der Waals surface area (Å²) in [4.78, 5) is 26.5. The Balaban J connectivity index is 1.40. The predicted octanol–water partition coefficient (Wildman–Crippen LogP) is 3.65. The first-order chi connectivity index (χ1) is 16.6. The molecule has 0 aliphatic heterocycles. The fraction of sp³-hybridized carbons (Fsp3) is 0.259. The maximum atomic E-state index is 12.2. The molecule has 0 saturated carbocycles. The van der Waals surface area contributed by atoms with Crippen LogP contribution in [-0.2, 0) is 11.4 Å². The van der Waals surface area contributed by atoms with E-state index >= 15 is 0 Å². The summed E-state index contributed by atoms with van der Waals surface area (Å²) in [6.07, 6.45) is 0. The van der Waals surface area contributed by atoms with Gasteiger partial charge in [0.1, 0.15) is 18.1 Å². The lowest BCUT2D eigenvalue weighted by atomic mass is 10.2. The fourth-order valence-corrected chi connectivity index (χ4v) is 3.38. The third-order valence-corrected chi connectivity index (χ3v) is 5.28. The number of methoxy groups -OCH3 is 1. The van der Waals surface area contributed by atoms with Crippen LogP contribution in [0.1, 0.15) is 22.8 Å². The molecule has 3 aromatic carbocycles. The molecule has 0 heterocycles. The van der Waals surface area contributed by atoms with Crippen LogP contribution in [0.5, 0.6) is 11.5 Å². The molecular weight excluding hydrogens is 430 g/mol. The Hall–Kier alpha value is -4.00. The third-order valence-electron chi connectivity index (χ3n) is 5.28. The van der Waals surface area contributed by atoms with E-state index in [4.69, 9.17) is 9.47 Å². The van der Waals surface area contributed by atoms with Crippen LogP contribution >= 0.6 is 0 Å². The first kappa shape index (κ1) is 24.6. The maximum Gasteiger partial charge on any atom is 0.251 e. The number of carbonyl (C=O) groups excluding carboxylic acids is 2. The number of carbonyl (C=O) groups is 2. The lowest BCUT2D eigenvalue weighted by Crippen LogP contribution is -2.40. The van der Waals surface area contributed by atoms with E-state index in [1.807, 2.05) is 54.6 Å². The number of amides is 2. The van der Waals surface area contributed by atoms with E-state index in [1.165, 1.54) is 7.11 Å². The van der Waals surface area contributed by atoms with Crippen molar-refractivity contribution in [1.29, 1.82) is 0 Å². The average Bonchev–Trinajstić information content (AvgIpc) is 2.89. The predicted molar refractivity (Wildman–Crippen MR) is 133 cm³/mol. The van der Waals surface area contributed by atoms with Gasteiger partial charge in [-0.25, -0.2) is 0 Å². The highest BCUT2D eigenvalue weighted by atomic mass is 16.5. The Bertz CT molecular complexity index is 1050. The van der Waals surface area contributed by atoms with Gasteiger partial charge >= 0.3 is 0 Å². The van der Waals surface area contributed by atoms with Crippen molar-refractivity contribution in [2.45, 2.75) is 13.5 Å². The molecule has 0 aliphatic rings. The van der Waals surface area contributed by atoms with Crippen LogP contribution in [0.25, 0.3) is 0 Å². The topological polar surface area (TPSA) is 79.9 Å². The number of likely N-dealkylation sites (N-methyl/N-ethyl adjacent to an activating group) is 1. The third kappa shape index (κ3) is 7.55. The molecule has 0 fully saturated rings. The van der Waals surface area contributed by atoms with Gasteiger partial charge < -0.3 is 25.0 Å². The highest BCUT2D eigenvalue weighted by Gasteiger charge is 2.10. The molecule has 2 amide bonds. The van der Waals surface area contributed by atoms with Crippen molar-refractivity contribution in [3.8, 4) is 11.5 Å². The lowest BCUT2D eigenvalue weighted by Gasteiger charge is -2.23.